The van der Waals surface area contributed by atoms with Gasteiger partial charge in [-0.15, -0.1) is 11.8 Å². The number of primary amides is 1. The Bertz CT molecular complexity index is 1140. The summed E-state index contributed by atoms with van der Waals surface area (Å²) in [5.74, 6) is 0.443. The van der Waals surface area contributed by atoms with E-state index in [9.17, 15) is 4.79 Å². The highest BCUT2D eigenvalue weighted by Gasteiger charge is 2.29. The topological polar surface area (TPSA) is 60.0 Å². The monoisotopic (exact) mass is 485 g/mol. The number of thioether (sulfide) groups is 1. The smallest absolute Gasteiger partial charge is 0.312 e. The minimum atomic E-state index is -0.507. The lowest BCUT2D eigenvalue weighted by atomic mass is 9.98. The molecular formula is C27H36ClN3OS. The summed E-state index contributed by atoms with van der Waals surface area (Å²) in [6.07, 6.45) is 0.660. The SMILES string of the molecule is CC(C)c1ccc2c(c1)c(SC(C)(C)C)c(CC(C)(C)NC(N)=O)n2Cc1ccc(Cl)cc1. The van der Waals surface area contributed by atoms with E-state index in [2.05, 4.69) is 74.8 Å². The number of urea groups is 1. The molecule has 6 heteroatoms. The van der Waals surface area contributed by atoms with Crippen molar-refractivity contribution in [2.75, 3.05) is 0 Å². The van der Waals surface area contributed by atoms with Gasteiger partial charge in [-0.2, -0.15) is 0 Å². The fourth-order valence-corrected chi connectivity index (χ4v) is 5.41. The summed E-state index contributed by atoms with van der Waals surface area (Å²) in [5, 5.41) is 4.92. The van der Waals surface area contributed by atoms with Crippen LogP contribution in [0.25, 0.3) is 10.9 Å². The molecule has 0 spiro atoms. The zero-order valence-corrected chi connectivity index (χ0v) is 22.3. The summed E-state index contributed by atoms with van der Waals surface area (Å²) in [6, 6.07) is 14.3. The van der Waals surface area contributed by atoms with Crippen LogP contribution in [0.5, 0.6) is 0 Å². The molecule has 0 saturated carbocycles. The number of carbonyl (C=O) groups excluding carboxylic acids is 1. The Kier molecular flexibility index (Phi) is 7.45. The average Bonchev–Trinajstić information content (AvgIpc) is 2.93. The molecule has 0 bridgehead atoms. The van der Waals surface area contributed by atoms with Crippen LogP contribution in [0.15, 0.2) is 47.4 Å². The molecule has 0 aliphatic carbocycles. The van der Waals surface area contributed by atoms with Crippen molar-refractivity contribution < 1.29 is 4.79 Å². The van der Waals surface area contributed by atoms with E-state index in [-0.39, 0.29) is 4.75 Å². The second-order valence-corrected chi connectivity index (χ2v) is 13.0. The predicted molar refractivity (Wildman–Crippen MR) is 143 cm³/mol. The Morgan fingerprint density at radius 3 is 2.27 bits per heavy atom. The molecule has 3 N–H and O–H groups in total. The van der Waals surface area contributed by atoms with E-state index in [0.717, 1.165) is 11.6 Å². The zero-order chi connectivity index (χ0) is 24.6. The Morgan fingerprint density at radius 1 is 1.09 bits per heavy atom. The lowest BCUT2D eigenvalue weighted by Crippen LogP contribution is -2.48. The molecule has 2 amide bonds. The van der Waals surface area contributed by atoms with Crippen molar-refractivity contribution in [1.29, 1.82) is 0 Å². The maximum atomic E-state index is 11.7. The van der Waals surface area contributed by atoms with E-state index in [1.165, 1.54) is 32.6 Å². The van der Waals surface area contributed by atoms with Gasteiger partial charge < -0.3 is 15.6 Å². The Balaban J connectivity index is 2.26. The highest BCUT2D eigenvalue weighted by atomic mass is 35.5. The van der Waals surface area contributed by atoms with Crippen molar-refractivity contribution in [2.24, 2.45) is 5.73 Å². The fourth-order valence-electron chi connectivity index (χ4n) is 4.10. The lowest BCUT2D eigenvalue weighted by Gasteiger charge is -2.28. The largest absolute Gasteiger partial charge is 0.352 e. The van der Waals surface area contributed by atoms with E-state index in [1.807, 2.05) is 37.7 Å². The number of benzene rings is 2. The molecule has 1 aromatic heterocycles. The number of hydrogen-bond acceptors (Lipinski definition) is 2. The van der Waals surface area contributed by atoms with Crippen molar-refractivity contribution in [3.05, 3.63) is 64.3 Å². The van der Waals surface area contributed by atoms with Gasteiger partial charge in [0.15, 0.2) is 0 Å². The molecule has 2 aromatic carbocycles. The number of rotatable bonds is 7. The number of hydrogen-bond donors (Lipinski definition) is 2. The third-order valence-corrected chi connectivity index (χ3v) is 7.07. The van der Waals surface area contributed by atoms with E-state index >= 15 is 0 Å². The van der Waals surface area contributed by atoms with Crippen LogP contribution in [0.2, 0.25) is 5.02 Å². The molecule has 178 valence electrons. The number of halogens is 1. The van der Waals surface area contributed by atoms with Gasteiger partial charge in [0.25, 0.3) is 0 Å². The standard InChI is InChI=1S/C27H36ClN3OS/c1-17(2)19-10-13-22-21(14-19)24(33-26(3,4)5)23(15-27(6,7)30-25(29)32)31(22)16-18-8-11-20(28)12-9-18/h8-14,17H,15-16H2,1-7H3,(H3,29,30,32). The molecule has 0 aliphatic heterocycles. The summed E-state index contributed by atoms with van der Waals surface area (Å²) in [5.41, 5.74) is 9.92. The molecule has 0 atom stereocenters. The normalized spacial score (nSPS) is 12.5. The lowest BCUT2D eigenvalue weighted by molar-refractivity contribution is 0.237. The molecule has 0 unspecified atom stereocenters. The first-order valence-electron chi connectivity index (χ1n) is 11.4. The first-order chi connectivity index (χ1) is 15.3. The van der Waals surface area contributed by atoms with Crippen molar-refractivity contribution in [2.45, 2.75) is 82.5 Å². The molecule has 3 rings (SSSR count). The van der Waals surface area contributed by atoms with Crippen LogP contribution in [-0.4, -0.2) is 20.9 Å². The predicted octanol–water partition coefficient (Wildman–Crippen LogP) is 7.35. The van der Waals surface area contributed by atoms with Gasteiger partial charge in [-0.1, -0.05) is 64.4 Å². The summed E-state index contributed by atoms with van der Waals surface area (Å²) < 4.78 is 2.42. The summed E-state index contributed by atoms with van der Waals surface area (Å²) in [4.78, 5) is 13.0. The van der Waals surface area contributed by atoms with Gasteiger partial charge in [-0.3, -0.25) is 0 Å². The van der Waals surface area contributed by atoms with Crippen LogP contribution < -0.4 is 11.1 Å². The number of nitrogens with one attached hydrogen (secondary N) is 1. The van der Waals surface area contributed by atoms with E-state index < -0.39 is 11.6 Å². The Labute approximate surface area is 207 Å². The second kappa shape index (κ2) is 9.63. The van der Waals surface area contributed by atoms with Crippen LogP contribution in [0.3, 0.4) is 0 Å². The number of nitrogens with zero attached hydrogens (tertiary/aromatic N) is 1. The fraction of sp³-hybridized carbons (Fsp3) is 0.444. The zero-order valence-electron chi connectivity index (χ0n) is 20.8. The summed E-state index contributed by atoms with van der Waals surface area (Å²) >= 11 is 8.02. The molecule has 33 heavy (non-hydrogen) atoms. The summed E-state index contributed by atoms with van der Waals surface area (Å²) in [7, 11) is 0. The van der Waals surface area contributed by atoms with Crippen LogP contribution >= 0.6 is 23.4 Å². The Morgan fingerprint density at radius 2 is 1.73 bits per heavy atom. The Hall–Kier alpha value is -2.11. The maximum absolute atomic E-state index is 11.7. The molecule has 0 saturated heterocycles. The molecule has 0 fully saturated rings. The van der Waals surface area contributed by atoms with Crippen molar-refractivity contribution in [3.8, 4) is 0 Å². The molecular weight excluding hydrogens is 450 g/mol. The van der Waals surface area contributed by atoms with Gasteiger partial charge in [0.2, 0.25) is 0 Å². The van der Waals surface area contributed by atoms with E-state index in [1.54, 1.807) is 0 Å². The molecule has 0 radical (unpaired) electrons. The van der Waals surface area contributed by atoms with E-state index in [4.69, 9.17) is 17.3 Å². The third-order valence-electron chi connectivity index (χ3n) is 5.54. The van der Waals surface area contributed by atoms with Gasteiger partial charge in [0.1, 0.15) is 0 Å². The van der Waals surface area contributed by atoms with Gasteiger partial charge in [-0.05, 0) is 55.2 Å². The number of amides is 2. The molecule has 3 aromatic rings. The van der Waals surface area contributed by atoms with E-state index in [0.29, 0.717) is 12.3 Å². The van der Waals surface area contributed by atoms with Crippen LogP contribution in [0, 0.1) is 0 Å². The number of aromatic nitrogens is 1. The number of fused-ring (bicyclic) bond motifs is 1. The van der Waals surface area contributed by atoms with Crippen LogP contribution in [0.1, 0.15) is 71.2 Å². The van der Waals surface area contributed by atoms with Gasteiger partial charge >= 0.3 is 6.03 Å². The third kappa shape index (κ3) is 6.48. The molecule has 0 aliphatic rings. The first kappa shape index (κ1) is 25.5. The molecule has 4 nitrogen and oxygen atoms in total. The highest BCUT2D eigenvalue weighted by molar-refractivity contribution is 8.00. The minimum Gasteiger partial charge on any atom is -0.352 e. The maximum Gasteiger partial charge on any atom is 0.312 e. The summed E-state index contributed by atoms with van der Waals surface area (Å²) in [6.45, 7) is 15.9. The first-order valence-corrected chi connectivity index (χ1v) is 12.6. The number of nitrogens with two attached hydrogens (primary N) is 1. The molecule has 1 heterocycles. The van der Waals surface area contributed by atoms with Crippen molar-refractivity contribution in [1.82, 2.24) is 9.88 Å². The highest BCUT2D eigenvalue weighted by Crippen LogP contribution is 2.43. The van der Waals surface area contributed by atoms with Crippen molar-refractivity contribution >= 4 is 40.3 Å². The van der Waals surface area contributed by atoms with Crippen molar-refractivity contribution in [3.63, 3.8) is 0 Å². The van der Waals surface area contributed by atoms with Crippen LogP contribution in [-0.2, 0) is 13.0 Å². The minimum absolute atomic E-state index is 0.0310. The van der Waals surface area contributed by atoms with Crippen LogP contribution in [0.4, 0.5) is 4.79 Å². The average molecular weight is 486 g/mol. The second-order valence-electron chi connectivity index (χ2n) is 10.7. The number of carbonyl (C=O) groups is 1. The van der Waals surface area contributed by atoms with Gasteiger partial charge in [0.05, 0.1) is 0 Å². The quantitative estimate of drug-likeness (QED) is 0.343. The van der Waals surface area contributed by atoms with Gasteiger partial charge in [0, 0.05) is 49.8 Å². The van der Waals surface area contributed by atoms with Gasteiger partial charge in [-0.25, -0.2) is 4.79 Å².